The van der Waals surface area contributed by atoms with Crippen LogP contribution >= 0.6 is 0 Å². The van der Waals surface area contributed by atoms with E-state index in [1.165, 1.54) is 24.3 Å². The molecule has 1 aliphatic carbocycles. The second-order valence-corrected chi connectivity index (χ2v) is 6.82. The summed E-state index contributed by atoms with van der Waals surface area (Å²) in [5.74, 6) is -3.52. The van der Waals surface area contributed by atoms with Crippen molar-refractivity contribution in [1.29, 1.82) is 0 Å². The third-order valence-corrected chi connectivity index (χ3v) is 4.86. The first kappa shape index (κ1) is 19.9. The Morgan fingerprint density at radius 1 is 1.10 bits per heavy atom. The predicted octanol–water partition coefficient (Wildman–Crippen LogP) is 3.03. The van der Waals surface area contributed by atoms with Gasteiger partial charge in [-0.3, -0.25) is 9.59 Å². The number of phenols is 1. The molecule has 2 aromatic rings. The lowest BCUT2D eigenvalue weighted by Gasteiger charge is -2.15. The SMILES string of the molecule is CNc1ccc2nc3c(C(=O)O)c(-c4ccc(CC(=O)O)cc4)c(=O)c(O)c-3oc2c1. The van der Waals surface area contributed by atoms with Gasteiger partial charge in [0.25, 0.3) is 0 Å². The number of aromatic carboxylic acids is 1. The van der Waals surface area contributed by atoms with Crippen molar-refractivity contribution >= 4 is 28.7 Å². The van der Waals surface area contributed by atoms with Crippen molar-refractivity contribution in [3.05, 3.63) is 63.8 Å². The van der Waals surface area contributed by atoms with E-state index < -0.39 is 28.7 Å². The summed E-state index contributed by atoms with van der Waals surface area (Å²) < 4.78 is 5.66. The van der Waals surface area contributed by atoms with Crippen LogP contribution in [0, 0.1) is 0 Å². The van der Waals surface area contributed by atoms with E-state index >= 15 is 0 Å². The molecule has 0 bridgehead atoms. The summed E-state index contributed by atoms with van der Waals surface area (Å²) in [6.07, 6.45) is -0.222. The average molecular weight is 420 g/mol. The fourth-order valence-corrected chi connectivity index (χ4v) is 3.40. The molecule has 0 aromatic heterocycles. The molecule has 0 unspecified atom stereocenters. The summed E-state index contributed by atoms with van der Waals surface area (Å²) in [5, 5.41) is 32.2. The number of anilines is 1. The van der Waals surface area contributed by atoms with Crippen molar-refractivity contribution < 1.29 is 29.3 Å². The van der Waals surface area contributed by atoms with E-state index in [1.54, 1.807) is 25.2 Å². The molecular formula is C22H16N2O7. The van der Waals surface area contributed by atoms with Crippen LogP contribution in [0.5, 0.6) is 5.75 Å². The highest BCUT2D eigenvalue weighted by Crippen LogP contribution is 2.38. The maximum absolute atomic E-state index is 12.9. The van der Waals surface area contributed by atoms with Gasteiger partial charge >= 0.3 is 11.9 Å². The van der Waals surface area contributed by atoms with Gasteiger partial charge in [-0.1, -0.05) is 24.3 Å². The van der Waals surface area contributed by atoms with Crippen LogP contribution in [-0.2, 0) is 11.2 Å². The van der Waals surface area contributed by atoms with Crippen molar-refractivity contribution in [2.24, 2.45) is 0 Å². The molecule has 0 fully saturated rings. The Bertz CT molecular complexity index is 1370. The Morgan fingerprint density at radius 2 is 1.81 bits per heavy atom. The number of aromatic hydroxyl groups is 1. The number of carboxylic acid groups (broad SMARTS) is 2. The molecule has 0 radical (unpaired) electrons. The van der Waals surface area contributed by atoms with Crippen molar-refractivity contribution in [2.75, 3.05) is 12.4 Å². The molecule has 0 saturated carbocycles. The van der Waals surface area contributed by atoms with Crippen LogP contribution in [0.25, 0.3) is 33.7 Å². The molecule has 1 heterocycles. The molecule has 9 heteroatoms. The molecule has 9 nitrogen and oxygen atoms in total. The lowest BCUT2D eigenvalue weighted by atomic mass is 9.93. The standard InChI is InChI=1S/C22H16N2O7/c1-23-12-6-7-13-14(9-12)31-21-18(24-13)17(22(29)30)16(19(27)20(21)28)11-4-2-10(3-5-11)8-15(25)26/h2-7,9,23,28H,8H2,1H3,(H,25,26)(H,29,30). The first-order chi connectivity index (χ1) is 14.8. The lowest BCUT2D eigenvalue weighted by Crippen LogP contribution is -2.16. The van der Waals surface area contributed by atoms with Crippen LogP contribution in [0.4, 0.5) is 5.69 Å². The number of hydrogen-bond donors (Lipinski definition) is 4. The molecule has 0 amide bonds. The Labute approximate surface area is 174 Å². The topological polar surface area (TPSA) is 150 Å². The number of fused-ring (bicyclic) bond motifs is 2. The monoisotopic (exact) mass is 420 g/mol. The molecule has 1 aliphatic heterocycles. The zero-order valence-electron chi connectivity index (χ0n) is 16.2. The average Bonchev–Trinajstić information content (AvgIpc) is 2.74. The van der Waals surface area contributed by atoms with Gasteiger partial charge in [0.1, 0.15) is 16.8 Å². The molecule has 4 N–H and O–H groups in total. The number of phenolic OH excluding ortho intramolecular Hbond substituents is 1. The number of carboxylic acids is 2. The van der Waals surface area contributed by atoms with Crippen LogP contribution in [0.2, 0.25) is 0 Å². The number of rotatable bonds is 5. The minimum atomic E-state index is -1.42. The van der Waals surface area contributed by atoms with E-state index in [1.807, 2.05) is 0 Å². The van der Waals surface area contributed by atoms with Gasteiger partial charge in [0, 0.05) is 18.8 Å². The molecule has 4 rings (SSSR count). The maximum Gasteiger partial charge on any atom is 0.338 e. The van der Waals surface area contributed by atoms with Gasteiger partial charge in [-0.05, 0) is 23.3 Å². The van der Waals surface area contributed by atoms with Gasteiger partial charge in [-0.15, -0.1) is 0 Å². The summed E-state index contributed by atoms with van der Waals surface area (Å²) >= 11 is 0. The van der Waals surface area contributed by atoms with E-state index in [9.17, 15) is 24.6 Å². The third kappa shape index (κ3) is 3.42. The number of hydrogen-bond acceptors (Lipinski definition) is 7. The van der Waals surface area contributed by atoms with Crippen molar-refractivity contribution in [3.63, 3.8) is 0 Å². The Balaban J connectivity index is 2.03. The Morgan fingerprint density at radius 3 is 2.42 bits per heavy atom. The van der Waals surface area contributed by atoms with Gasteiger partial charge in [0.15, 0.2) is 11.3 Å². The van der Waals surface area contributed by atoms with Crippen LogP contribution in [0.15, 0.2) is 51.7 Å². The molecular weight excluding hydrogens is 404 g/mol. The molecule has 156 valence electrons. The van der Waals surface area contributed by atoms with Gasteiger partial charge in [-0.25, -0.2) is 9.78 Å². The van der Waals surface area contributed by atoms with Gasteiger partial charge < -0.3 is 25.1 Å². The number of nitrogens with zero attached hydrogens (tertiary/aromatic N) is 1. The van der Waals surface area contributed by atoms with Gasteiger partial charge in [0.05, 0.1) is 12.0 Å². The van der Waals surface area contributed by atoms with Gasteiger partial charge in [-0.2, -0.15) is 0 Å². The molecule has 2 aromatic carbocycles. The predicted molar refractivity (Wildman–Crippen MR) is 112 cm³/mol. The van der Waals surface area contributed by atoms with Crippen molar-refractivity contribution in [2.45, 2.75) is 6.42 Å². The zero-order valence-corrected chi connectivity index (χ0v) is 16.2. The highest BCUT2D eigenvalue weighted by Gasteiger charge is 2.30. The molecule has 2 aliphatic rings. The number of aliphatic carboxylic acids is 1. The second kappa shape index (κ2) is 7.45. The zero-order chi connectivity index (χ0) is 22.3. The normalized spacial score (nSPS) is 11.0. The molecule has 0 atom stereocenters. The number of nitrogens with one attached hydrogen (secondary N) is 1. The van der Waals surface area contributed by atoms with Crippen LogP contribution in [0.3, 0.4) is 0 Å². The van der Waals surface area contributed by atoms with Crippen LogP contribution in [-0.4, -0.2) is 39.3 Å². The summed E-state index contributed by atoms with van der Waals surface area (Å²) in [6, 6.07) is 10.8. The second-order valence-electron chi connectivity index (χ2n) is 6.82. The van der Waals surface area contributed by atoms with E-state index in [4.69, 9.17) is 9.52 Å². The van der Waals surface area contributed by atoms with E-state index in [-0.39, 0.29) is 34.6 Å². The van der Waals surface area contributed by atoms with Crippen LogP contribution in [0.1, 0.15) is 15.9 Å². The fraction of sp³-hybridized carbons (Fsp3) is 0.0909. The highest BCUT2D eigenvalue weighted by molar-refractivity contribution is 6.04. The summed E-state index contributed by atoms with van der Waals surface area (Å²) in [5.41, 5.74) is 0.234. The molecule has 0 spiro atoms. The third-order valence-electron chi connectivity index (χ3n) is 4.86. The van der Waals surface area contributed by atoms with E-state index in [0.717, 1.165) is 0 Å². The Kier molecular flexibility index (Phi) is 4.78. The minimum absolute atomic E-state index is 0.168. The number of benzene rings is 3. The molecule has 0 saturated heterocycles. The number of aromatic nitrogens is 1. The smallest absolute Gasteiger partial charge is 0.338 e. The first-order valence-electron chi connectivity index (χ1n) is 9.16. The quantitative estimate of drug-likeness (QED) is 0.357. The van der Waals surface area contributed by atoms with Crippen LogP contribution < -0.4 is 10.7 Å². The van der Waals surface area contributed by atoms with E-state index in [0.29, 0.717) is 16.8 Å². The highest BCUT2D eigenvalue weighted by atomic mass is 16.4. The number of carbonyl (C=O) groups is 2. The molecule has 31 heavy (non-hydrogen) atoms. The largest absolute Gasteiger partial charge is 0.501 e. The van der Waals surface area contributed by atoms with Crippen molar-refractivity contribution in [1.82, 2.24) is 4.98 Å². The fourth-order valence-electron chi connectivity index (χ4n) is 3.40. The summed E-state index contributed by atoms with van der Waals surface area (Å²) in [4.78, 5) is 40.3. The van der Waals surface area contributed by atoms with Gasteiger partial charge in [0.2, 0.25) is 11.2 Å². The van der Waals surface area contributed by atoms with Crippen molar-refractivity contribution in [3.8, 4) is 28.3 Å². The lowest BCUT2D eigenvalue weighted by molar-refractivity contribution is -0.136. The first-order valence-corrected chi connectivity index (χ1v) is 9.16. The summed E-state index contributed by atoms with van der Waals surface area (Å²) in [7, 11) is 1.71. The Hall–Kier alpha value is -4.40. The maximum atomic E-state index is 12.9. The minimum Gasteiger partial charge on any atom is -0.501 e. The summed E-state index contributed by atoms with van der Waals surface area (Å²) in [6.45, 7) is 0. The van der Waals surface area contributed by atoms with E-state index in [2.05, 4.69) is 10.3 Å².